The van der Waals surface area contributed by atoms with Crippen LogP contribution in [0, 0.1) is 13.8 Å². The monoisotopic (exact) mass is 381 g/mol. The number of benzene rings is 1. The Bertz CT molecular complexity index is 1010. The molecule has 2 amide bonds. The fourth-order valence-corrected chi connectivity index (χ4v) is 4.13. The van der Waals surface area contributed by atoms with Crippen LogP contribution in [0.2, 0.25) is 0 Å². The van der Waals surface area contributed by atoms with E-state index in [9.17, 15) is 14.4 Å². The Morgan fingerprint density at radius 1 is 1.21 bits per heavy atom. The minimum atomic E-state index is -0.707. The zero-order chi connectivity index (χ0) is 19.9. The highest BCUT2D eigenvalue weighted by molar-refractivity contribution is 5.97. The van der Waals surface area contributed by atoms with Crippen LogP contribution in [-0.2, 0) is 0 Å². The van der Waals surface area contributed by atoms with Crippen LogP contribution in [0.3, 0.4) is 0 Å². The second kappa shape index (κ2) is 6.82. The zero-order valence-corrected chi connectivity index (χ0v) is 16.0. The number of nitrogens with one attached hydrogen (secondary N) is 2. The Labute approximate surface area is 162 Å². The van der Waals surface area contributed by atoms with E-state index in [1.54, 1.807) is 43.0 Å². The maximum Gasteiger partial charge on any atom is 0.261 e. The van der Waals surface area contributed by atoms with Gasteiger partial charge in [0.05, 0.1) is 18.7 Å². The number of pyridine rings is 1. The molecule has 0 saturated carbocycles. The van der Waals surface area contributed by atoms with Crippen LogP contribution in [0.5, 0.6) is 5.75 Å². The molecule has 0 unspecified atom stereocenters. The number of likely N-dealkylation sites (tertiary alicyclic amines) is 1. The van der Waals surface area contributed by atoms with E-state index in [2.05, 4.69) is 10.3 Å². The molecule has 4 rings (SSSR count). The highest BCUT2D eigenvalue weighted by Gasteiger charge is 2.42. The highest BCUT2D eigenvalue weighted by Crippen LogP contribution is 2.32. The number of aryl methyl sites for hydroxylation is 2. The number of nitrogens with zero attached hydrogens (tertiary/aromatic N) is 1. The van der Waals surface area contributed by atoms with Crippen LogP contribution >= 0.6 is 0 Å². The number of hydrogen-bond donors (Lipinski definition) is 2. The summed E-state index contributed by atoms with van der Waals surface area (Å²) in [4.78, 5) is 42.3. The maximum absolute atomic E-state index is 13.1. The summed E-state index contributed by atoms with van der Waals surface area (Å²) in [6.45, 7) is 4.73. The van der Waals surface area contributed by atoms with Crippen LogP contribution in [-0.4, -0.2) is 46.9 Å². The van der Waals surface area contributed by atoms with E-state index in [0.717, 1.165) is 12.1 Å². The zero-order valence-electron chi connectivity index (χ0n) is 16.0. The molecule has 7 nitrogen and oxygen atoms in total. The second-order valence-electron chi connectivity index (χ2n) is 7.63. The fourth-order valence-electron chi connectivity index (χ4n) is 4.13. The molecule has 0 bridgehead atoms. The molecule has 0 aliphatic carbocycles. The number of hydrogen-bond acceptors (Lipinski definition) is 4. The van der Waals surface area contributed by atoms with Crippen molar-refractivity contribution in [2.75, 3.05) is 19.6 Å². The molecule has 3 heterocycles. The Balaban J connectivity index is 1.64. The Morgan fingerprint density at radius 2 is 2.00 bits per heavy atom. The summed E-state index contributed by atoms with van der Waals surface area (Å²) in [5.74, 6) is 0.0446. The third kappa shape index (κ3) is 3.17. The van der Waals surface area contributed by atoms with Crippen molar-refractivity contribution < 1.29 is 14.3 Å². The Hall–Kier alpha value is -3.09. The molecule has 2 N–H and O–H groups in total. The van der Waals surface area contributed by atoms with Gasteiger partial charge in [-0.25, -0.2) is 0 Å². The number of carbonyl (C=O) groups excluding carboxylic acids is 2. The van der Waals surface area contributed by atoms with Crippen LogP contribution < -0.4 is 15.6 Å². The molecule has 1 saturated heterocycles. The van der Waals surface area contributed by atoms with E-state index in [4.69, 9.17) is 4.74 Å². The highest BCUT2D eigenvalue weighted by atomic mass is 16.5. The average Bonchev–Trinajstić information content (AvgIpc) is 2.78. The van der Waals surface area contributed by atoms with E-state index in [1.807, 2.05) is 6.07 Å². The first-order chi connectivity index (χ1) is 13.4. The number of H-pyrrole nitrogens is 1. The summed E-state index contributed by atoms with van der Waals surface area (Å²) in [5, 5.41) is 2.92. The lowest BCUT2D eigenvalue weighted by atomic mass is 9.91. The summed E-state index contributed by atoms with van der Waals surface area (Å²) >= 11 is 0. The molecule has 1 fully saturated rings. The topological polar surface area (TPSA) is 91.5 Å². The van der Waals surface area contributed by atoms with Gasteiger partial charge >= 0.3 is 0 Å². The van der Waals surface area contributed by atoms with E-state index in [0.29, 0.717) is 42.9 Å². The number of carbonyl (C=O) groups is 2. The van der Waals surface area contributed by atoms with Gasteiger partial charge in [0.25, 0.3) is 17.4 Å². The van der Waals surface area contributed by atoms with Crippen LogP contribution in [0.25, 0.3) is 0 Å². The van der Waals surface area contributed by atoms with Crippen molar-refractivity contribution >= 4 is 11.8 Å². The standard InChI is InChI=1S/C21H23N3O4/c1-13-10-14(2)23-19(26)17(13)20(27)24-9-5-8-21(12-24)11-22-18(25)15-6-3-4-7-16(15)28-21/h3-4,6-7,10H,5,8-9,11-12H2,1-2H3,(H,22,25)(H,23,26)/t21-/m0/s1. The normalized spacial score (nSPS) is 21.5. The van der Waals surface area contributed by atoms with Crippen molar-refractivity contribution in [3.63, 3.8) is 0 Å². The number of ether oxygens (including phenoxy) is 1. The van der Waals surface area contributed by atoms with Gasteiger partial charge in [-0.3, -0.25) is 14.4 Å². The lowest BCUT2D eigenvalue weighted by molar-refractivity contribution is -0.000965. The fraction of sp³-hybridized carbons (Fsp3) is 0.381. The minimum absolute atomic E-state index is 0.167. The Morgan fingerprint density at radius 3 is 2.79 bits per heavy atom. The number of para-hydroxylation sites is 1. The van der Waals surface area contributed by atoms with Crippen LogP contribution in [0.15, 0.2) is 35.1 Å². The van der Waals surface area contributed by atoms with Gasteiger partial charge in [0.15, 0.2) is 0 Å². The number of aromatic nitrogens is 1. The van der Waals surface area contributed by atoms with Gasteiger partial charge in [-0.15, -0.1) is 0 Å². The van der Waals surface area contributed by atoms with E-state index in [-0.39, 0.29) is 22.9 Å². The molecule has 0 radical (unpaired) electrons. The number of piperidine rings is 1. The molecule has 1 spiro atoms. The SMILES string of the molecule is Cc1cc(C)c(C(=O)N2CCC[C@]3(CNC(=O)c4ccccc4O3)C2)c(=O)[nH]1. The minimum Gasteiger partial charge on any atom is -0.483 e. The smallest absolute Gasteiger partial charge is 0.261 e. The predicted molar refractivity (Wildman–Crippen MR) is 104 cm³/mol. The summed E-state index contributed by atoms with van der Waals surface area (Å²) < 4.78 is 6.29. The molecule has 2 aromatic rings. The number of aromatic amines is 1. The number of fused-ring (bicyclic) bond motifs is 1. The van der Waals surface area contributed by atoms with Crippen molar-refractivity contribution in [3.05, 3.63) is 63.1 Å². The van der Waals surface area contributed by atoms with Gasteiger partial charge in [-0.05, 0) is 50.5 Å². The van der Waals surface area contributed by atoms with E-state index in [1.165, 1.54) is 0 Å². The second-order valence-corrected chi connectivity index (χ2v) is 7.63. The third-order valence-electron chi connectivity index (χ3n) is 5.43. The van der Waals surface area contributed by atoms with Crippen molar-refractivity contribution in [3.8, 4) is 5.75 Å². The lowest BCUT2D eigenvalue weighted by Gasteiger charge is -2.42. The van der Waals surface area contributed by atoms with Crippen LogP contribution in [0.1, 0.15) is 44.8 Å². The molecular weight excluding hydrogens is 358 g/mol. The van der Waals surface area contributed by atoms with Gasteiger partial charge in [-0.2, -0.15) is 0 Å². The number of rotatable bonds is 1. The summed E-state index contributed by atoms with van der Waals surface area (Å²) in [6.07, 6.45) is 1.45. The third-order valence-corrected chi connectivity index (χ3v) is 5.43. The van der Waals surface area contributed by atoms with Crippen molar-refractivity contribution in [1.29, 1.82) is 0 Å². The predicted octanol–water partition coefficient (Wildman–Crippen LogP) is 1.79. The van der Waals surface area contributed by atoms with Gasteiger partial charge < -0.3 is 19.9 Å². The molecule has 1 aromatic carbocycles. The van der Waals surface area contributed by atoms with E-state index < -0.39 is 5.60 Å². The first-order valence-corrected chi connectivity index (χ1v) is 9.45. The van der Waals surface area contributed by atoms with Crippen molar-refractivity contribution in [1.82, 2.24) is 15.2 Å². The summed E-state index contributed by atoms with van der Waals surface area (Å²) in [5.41, 5.74) is 0.963. The van der Waals surface area contributed by atoms with Gasteiger partial charge in [0.1, 0.15) is 16.9 Å². The quantitative estimate of drug-likeness (QED) is 0.788. The molecule has 146 valence electrons. The number of amides is 2. The van der Waals surface area contributed by atoms with Gasteiger partial charge in [0, 0.05) is 12.2 Å². The van der Waals surface area contributed by atoms with Gasteiger partial charge in [0.2, 0.25) is 0 Å². The average molecular weight is 381 g/mol. The molecule has 1 aromatic heterocycles. The Kier molecular flexibility index (Phi) is 4.45. The molecule has 28 heavy (non-hydrogen) atoms. The van der Waals surface area contributed by atoms with E-state index >= 15 is 0 Å². The van der Waals surface area contributed by atoms with Crippen LogP contribution in [0.4, 0.5) is 0 Å². The van der Waals surface area contributed by atoms with Crippen molar-refractivity contribution in [2.24, 2.45) is 0 Å². The first kappa shape index (κ1) is 18.3. The first-order valence-electron chi connectivity index (χ1n) is 9.45. The molecule has 1 atom stereocenters. The largest absolute Gasteiger partial charge is 0.483 e. The van der Waals surface area contributed by atoms with Crippen molar-refractivity contribution in [2.45, 2.75) is 32.3 Å². The molecule has 2 aliphatic rings. The maximum atomic E-state index is 13.1. The molecular formula is C21H23N3O4. The molecule has 7 heteroatoms. The molecule has 2 aliphatic heterocycles. The van der Waals surface area contributed by atoms with Gasteiger partial charge in [-0.1, -0.05) is 12.1 Å². The summed E-state index contributed by atoms with van der Waals surface area (Å²) in [6, 6.07) is 8.92. The lowest BCUT2D eigenvalue weighted by Crippen LogP contribution is -2.58. The summed E-state index contributed by atoms with van der Waals surface area (Å²) in [7, 11) is 0.